The van der Waals surface area contributed by atoms with Gasteiger partial charge in [0.15, 0.2) is 0 Å². The number of amides is 2. The molecular formula is C15H21N3O3. The molecule has 21 heavy (non-hydrogen) atoms. The molecule has 6 nitrogen and oxygen atoms in total. The molecule has 6 heteroatoms. The fraction of sp³-hybridized carbons (Fsp3) is 0.467. The Morgan fingerprint density at radius 1 is 1.33 bits per heavy atom. The summed E-state index contributed by atoms with van der Waals surface area (Å²) in [5.41, 5.74) is 7.58. The number of hydrogen-bond donors (Lipinski definition) is 2. The number of nitrogens with two attached hydrogens (primary N) is 1. The molecule has 0 aliphatic carbocycles. The van der Waals surface area contributed by atoms with Crippen molar-refractivity contribution < 1.29 is 14.3 Å². The van der Waals surface area contributed by atoms with Gasteiger partial charge >= 0.3 is 0 Å². The molecule has 0 saturated carbocycles. The Morgan fingerprint density at radius 3 is 2.71 bits per heavy atom. The molecule has 1 aromatic rings. The molecule has 1 aliphatic rings. The van der Waals surface area contributed by atoms with Gasteiger partial charge < -0.3 is 20.7 Å². The first kappa shape index (κ1) is 15.3. The molecule has 114 valence electrons. The molecule has 2 amide bonds. The lowest BCUT2D eigenvalue weighted by Crippen LogP contribution is -2.42. The van der Waals surface area contributed by atoms with Crippen LogP contribution in [0.3, 0.4) is 0 Å². The number of morpholine rings is 1. The van der Waals surface area contributed by atoms with Crippen molar-refractivity contribution >= 4 is 17.5 Å². The molecule has 1 aromatic carbocycles. The highest BCUT2D eigenvalue weighted by Gasteiger charge is 2.17. The van der Waals surface area contributed by atoms with E-state index in [9.17, 15) is 9.59 Å². The Kier molecular flexibility index (Phi) is 5.16. The van der Waals surface area contributed by atoms with E-state index in [0.29, 0.717) is 44.1 Å². The number of nitrogens with one attached hydrogen (secondary N) is 1. The molecule has 0 bridgehead atoms. The van der Waals surface area contributed by atoms with Gasteiger partial charge in [-0.2, -0.15) is 0 Å². The topological polar surface area (TPSA) is 84.7 Å². The van der Waals surface area contributed by atoms with E-state index in [1.165, 1.54) is 0 Å². The van der Waals surface area contributed by atoms with Crippen molar-refractivity contribution in [2.24, 2.45) is 0 Å². The number of nitrogens with zero attached hydrogens (tertiary/aromatic N) is 1. The summed E-state index contributed by atoms with van der Waals surface area (Å²) < 4.78 is 5.20. The molecule has 0 unspecified atom stereocenters. The zero-order valence-corrected chi connectivity index (χ0v) is 12.2. The van der Waals surface area contributed by atoms with Crippen molar-refractivity contribution in [3.63, 3.8) is 0 Å². The van der Waals surface area contributed by atoms with Crippen molar-refractivity contribution in [1.29, 1.82) is 0 Å². The second-order valence-corrected chi connectivity index (χ2v) is 5.04. The standard InChI is InChI=1S/C15H21N3O3/c1-11-3-2-4-12(16)14(11)15(20)17-6-5-13(19)18-7-9-21-10-8-18/h2-4H,5-10,16H2,1H3,(H,17,20). The summed E-state index contributed by atoms with van der Waals surface area (Å²) in [7, 11) is 0. The van der Waals surface area contributed by atoms with Gasteiger partial charge in [-0.15, -0.1) is 0 Å². The van der Waals surface area contributed by atoms with E-state index in [-0.39, 0.29) is 18.2 Å². The van der Waals surface area contributed by atoms with Crippen LogP contribution in [0.25, 0.3) is 0 Å². The van der Waals surface area contributed by atoms with E-state index in [2.05, 4.69) is 5.32 Å². The van der Waals surface area contributed by atoms with Crippen LogP contribution in [0.2, 0.25) is 0 Å². The Balaban J connectivity index is 1.83. The summed E-state index contributed by atoms with van der Waals surface area (Å²) in [5, 5.41) is 2.75. The SMILES string of the molecule is Cc1cccc(N)c1C(=O)NCCC(=O)N1CCOCC1. The first-order chi connectivity index (χ1) is 10.1. The number of aryl methyl sites for hydroxylation is 1. The van der Waals surface area contributed by atoms with Crippen molar-refractivity contribution in [2.45, 2.75) is 13.3 Å². The van der Waals surface area contributed by atoms with Crippen LogP contribution >= 0.6 is 0 Å². The normalized spacial score (nSPS) is 14.8. The lowest BCUT2D eigenvalue weighted by molar-refractivity contribution is -0.135. The molecule has 2 rings (SSSR count). The monoisotopic (exact) mass is 291 g/mol. The summed E-state index contributed by atoms with van der Waals surface area (Å²) in [6.07, 6.45) is 0.289. The lowest BCUT2D eigenvalue weighted by atomic mass is 10.1. The highest BCUT2D eigenvalue weighted by atomic mass is 16.5. The molecule has 3 N–H and O–H groups in total. The van der Waals surface area contributed by atoms with Crippen LogP contribution in [0.15, 0.2) is 18.2 Å². The predicted molar refractivity (Wildman–Crippen MR) is 79.9 cm³/mol. The average Bonchev–Trinajstić information content (AvgIpc) is 2.48. The third kappa shape index (κ3) is 3.95. The summed E-state index contributed by atoms with van der Waals surface area (Å²) in [5.74, 6) is -0.197. The highest BCUT2D eigenvalue weighted by molar-refractivity contribution is 6.00. The minimum Gasteiger partial charge on any atom is -0.398 e. The Morgan fingerprint density at radius 2 is 2.05 bits per heavy atom. The zero-order valence-electron chi connectivity index (χ0n) is 12.2. The first-order valence-corrected chi connectivity index (χ1v) is 7.08. The molecule has 0 atom stereocenters. The van der Waals surface area contributed by atoms with Crippen LogP contribution in [0.4, 0.5) is 5.69 Å². The van der Waals surface area contributed by atoms with Crippen LogP contribution in [-0.2, 0) is 9.53 Å². The lowest BCUT2D eigenvalue weighted by Gasteiger charge is -2.26. The molecule has 0 aromatic heterocycles. The van der Waals surface area contributed by atoms with E-state index in [1.807, 2.05) is 19.1 Å². The van der Waals surface area contributed by atoms with Gasteiger partial charge in [0.05, 0.1) is 18.8 Å². The van der Waals surface area contributed by atoms with Crippen LogP contribution in [0, 0.1) is 6.92 Å². The Bertz CT molecular complexity index is 505. The minimum atomic E-state index is -0.236. The van der Waals surface area contributed by atoms with Crippen molar-refractivity contribution in [2.75, 3.05) is 38.6 Å². The first-order valence-electron chi connectivity index (χ1n) is 7.08. The molecule has 1 aliphatic heterocycles. The maximum atomic E-state index is 12.1. The number of ether oxygens (including phenoxy) is 1. The van der Waals surface area contributed by atoms with Crippen LogP contribution < -0.4 is 11.1 Å². The average molecular weight is 291 g/mol. The van der Waals surface area contributed by atoms with Crippen molar-refractivity contribution in [1.82, 2.24) is 10.2 Å². The number of benzene rings is 1. The quantitative estimate of drug-likeness (QED) is 0.794. The van der Waals surface area contributed by atoms with Gasteiger partial charge in [0, 0.05) is 31.7 Å². The number of carbonyl (C=O) groups is 2. The maximum Gasteiger partial charge on any atom is 0.253 e. The second-order valence-electron chi connectivity index (χ2n) is 5.04. The van der Waals surface area contributed by atoms with E-state index in [1.54, 1.807) is 11.0 Å². The fourth-order valence-electron chi connectivity index (χ4n) is 2.34. The molecule has 1 fully saturated rings. The summed E-state index contributed by atoms with van der Waals surface area (Å²) in [4.78, 5) is 25.8. The molecule has 0 radical (unpaired) electrons. The molecule has 0 spiro atoms. The number of carbonyl (C=O) groups excluding carboxylic acids is 2. The van der Waals surface area contributed by atoms with Gasteiger partial charge in [0.25, 0.3) is 5.91 Å². The largest absolute Gasteiger partial charge is 0.398 e. The number of anilines is 1. The minimum absolute atomic E-state index is 0.0383. The summed E-state index contributed by atoms with van der Waals surface area (Å²) in [6, 6.07) is 5.34. The van der Waals surface area contributed by atoms with Gasteiger partial charge in [-0.1, -0.05) is 12.1 Å². The molecule has 1 heterocycles. The molecule has 1 saturated heterocycles. The van der Waals surface area contributed by atoms with Crippen LogP contribution in [0.5, 0.6) is 0 Å². The van der Waals surface area contributed by atoms with E-state index < -0.39 is 0 Å². The Labute approximate surface area is 124 Å². The number of rotatable bonds is 4. The van der Waals surface area contributed by atoms with E-state index in [0.717, 1.165) is 5.56 Å². The zero-order chi connectivity index (χ0) is 15.2. The van der Waals surface area contributed by atoms with E-state index in [4.69, 9.17) is 10.5 Å². The Hall–Kier alpha value is -2.08. The third-order valence-corrected chi connectivity index (χ3v) is 3.52. The van der Waals surface area contributed by atoms with Gasteiger partial charge in [0.2, 0.25) is 5.91 Å². The van der Waals surface area contributed by atoms with Crippen molar-refractivity contribution in [3.8, 4) is 0 Å². The number of hydrogen-bond acceptors (Lipinski definition) is 4. The molecular weight excluding hydrogens is 270 g/mol. The fourth-order valence-corrected chi connectivity index (χ4v) is 2.34. The van der Waals surface area contributed by atoms with Crippen molar-refractivity contribution in [3.05, 3.63) is 29.3 Å². The second kappa shape index (κ2) is 7.08. The highest BCUT2D eigenvalue weighted by Crippen LogP contribution is 2.15. The van der Waals surface area contributed by atoms with Crippen LogP contribution in [-0.4, -0.2) is 49.6 Å². The smallest absolute Gasteiger partial charge is 0.253 e. The van der Waals surface area contributed by atoms with Crippen LogP contribution in [0.1, 0.15) is 22.3 Å². The predicted octanol–water partition coefficient (Wildman–Crippen LogP) is 0.556. The van der Waals surface area contributed by atoms with Gasteiger partial charge in [-0.3, -0.25) is 9.59 Å². The summed E-state index contributed by atoms with van der Waals surface area (Å²) in [6.45, 7) is 4.55. The van der Waals surface area contributed by atoms with E-state index >= 15 is 0 Å². The summed E-state index contributed by atoms with van der Waals surface area (Å²) >= 11 is 0. The van der Waals surface area contributed by atoms with Gasteiger partial charge in [-0.05, 0) is 18.6 Å². The van der Waals surface area contributed by atoms with Gasteiger partial charge in [0.1, 0.15) is 0 Å². The number of nitrogen functional groups attached to an aromatic ring is 1. The van der Waals surface area contributed by atoms with Gasteiger partial charge in [-0.25, -0.2) is 0 Å². The third-order valence-electron chi connectivity index (χ3n) is 3.52. The maximum absolute atomic E-state index is 12.1.